The summed E-state index contributed by atoms with van der Waals surface area (Å²) in [7, 11) is 1.96. The van der Waals surface area contributed by atoms with Crippen molar-refractivity contribution < 1.29 is 4.42 Å². The molecule has 0 spiro atoms. The molecular weight excluding hydrogens is 358 g/mol. The predicted octanol–water partition coefficient (Wildman–Crippen LogP) is 4.50. The summed E-state index contributed by atoms with van der Waals surface area (Å²) < 4.78 is 7.31. The first-order valence-electron chi connectivity index (χ1n) is 8.64. The number of aryl methyl sites for hydroxylation is 2. The normalized spacial score (nSPS) is 11.2. The standard InChI is InChI=1S/C21H19N3O2S/c1-13-4-7-15(8-5-13)20-22-23-21(24(20)3)27-12-16-11-19(25)26-18-10-14(2)6-9-17(16)18/h4-11H,12H2,1-3H3. The van der Waals surface area contributed by atoms with Gasteiger partial charge in [-0.2, -0.15) is 0 Å². The van der Waals surface area contributed by atoms with E-state index in [9.17, 15) is 4.79 Å². The van der Waals surface area contributed by atoms with Gasteiger partial charge in [-0.05, 0) is 31.0 Å². The van der Waals surface area contributed by atoms with Crippen LogP contribution < -0.4 is 5.63 Å². The molecule has 6 heteroatoms. The Morgan fingerprint density at radius 2 is 1.74 bits per heavy atom. The van der Waals surface area contributed by atoms with E-state index in [1.165, 1.54) is 5.56 Å². The van der Waals surface area contributed by atoms with Crippen LogP contribution in [0.5, 0.6) is 0 Å². The minimum atomic E-state index is -0.331. The van der Waals surface area contributed by atoms with Gasteiger partial charge in [0.15, 0.2) is 11.0 Å². The van der Waals surface area contributed by atoms with Crippen molar-refractivity contribution in [3.05, 3.63) is 75.6 Å². The number of hydrogen-bond acceptors (Lipinski definition) is 5. The highest BCUT2D eigenvalue weighted by molar-refractivity contribution is 7.98. The van der Waals surface area contributed by atoms with Gasteiger partial charge in [0.25, 0.3) is 0 Å². The second-order valence-electron chi connectivity index (χ2n) is 6.61. The number of rotatable bonds is 4. The maximum absolute atomic E-state index is 11.9. The molecule has 0 radical (unpaired) electrons. The molecule has 0 aliphatic rings. The molecule has 0 aliphatic carbocycles. The van der Waals surface area contributed by atoms with E-state index in [2.05, 4.69) is 29.3 Å². The van der Waals surface area contributed by atoms with Crippen molar-refractivity contribution >= 4 is 22.7 Å². The molecule has 0 saturated carbocycles. The maximum atomic E-state index is 11.9. The van der Waals surface area contributed by atoms with Gasteiger partial charge in [0.1, 0.15) is 5.58 Å². The quantitative estimate of drug-likeness (QED) is 0.387. The average Bonchev–Trinajstić information content (AvgIpc) is 3.00. The Bertz CT molecular complexity index is 1180. The van der Waals surface area contributed by atoms with Crippen molar-refractivity contribution in [1.82, 2.24) is 14.8 Å². The van der Waals surface area contributed by atoms with Gasteiger partial charge in [0, 0.05) is 29.8 Å². The Labute approximate surface area is 161 Å². The van der Waals surface area contributed by atoms with E-state index in [0.717, 1.165) is 33.1 Å². The van der Waals surface area contributed by atoms with Gasteiger partial charge in [-0.1, -0.05) is 53.7 Å². The van der Waals surface area contributed by atoms with Crippen LogP contribution in [0.2, 0.25) is 0 Å². The molecule has 0 atom stereocenters. The van der Waals surface area contributed by atoms with E-state index < -0.39 is 0 Å². The zero-order valence-electron chi connectivity index (χ0n) is 15.4. The van der Waals surface area contributed by atoms with Crippen molar-refractivity contribution in [2.24, 2.45) is 7.05 Å². The summed E-state index contributed by atoms with van der Waals surface area (Å²) >= 11 is 1.56. The van der Waals surface area contributed by atoms with Crippen LogP contribution in [-0.4, -0.2) is 14.8 Å². The molecular formula is C21H19N3O2S. The van der Waals surface area contributed by atoms with E-state index in [1.807, 2.05) is 48.9 Å². The van der Waals surface area contributed by atoms with Gasteiger partial charge in [0.05, 0.1) is 0 Å². The Kier molecular flexibility index (Phi) is 4.58. The maximum Gasteiger partial charge on any atom is 0.336 e. The lowest BCUT2D eigenvalue weighted by atomic mass is 10.1. The summed E-state index contributed by atoms with van der Waals surface area (Å²) in [6.07, 6.45) is 0. The number of fused-ring (bicyclic) bond motifs is 1. The monoisotopic (exact) mass is 377 g/mol. The summed E-state index contributed by atoms with van der Waals surface area (Å²) in [4.78, 5) is 11.9. The molecule has 0 saturated heterocycles. The van der Waals surface area contributed by atoms with E-state index in [4.69, 9.17) is 4.42 Å². The molecule has 0 unspecified atom stereocenters. The fraction of sp³-hybridized carbons (Fsp3) is 0.190. The fourth-order valence-electron chi connectivity index (χ4n) is 2.99. The van der Waals surface area contributed by atoms with Crippen molar-refractivity contribution in [3.8, 4) is 11.4 Å². The van der Waals surface area contributed by atoms with E-state index in [0.29, 0.717) is 11.3 Å². The molecule has 4 aromatic rings. The summed E-state index contributed by atoms with van der Waals surface area (Å²) in [6.45, 7) is 4.04. The van der Waals surface area contributed by atoms with Crippen LogP contribution in [0, 0.1) is 13.8 Å². The van der Waals surface area contributed by atoms with Crippen molar-refractivity contribution in [3.63, 3.8) is 0 Å². The first-order chi connectivity index (χ1) is 13.0. The third-order valence-corrected chi connectivity index (χ3v) is 5.56. The lowest BCUT2D eigenvalue weighted by molar-refractivity contribution is 0.559. The molecule has 27 heavy (non-hydrogen) atoms. The third kappa shape index (κ3) is 3.53. The highest BCUT2D eigenvalue weighted by Gasteiger charge is 2.13. The molecule has 5 nitrogen and oxygen atoms in total. The van der Waals surface area contributed by atoms with Crippen LogP contribution in [0.15, 0.2) is 62.9 Å². The topological polar surface area (TPSA) is 60.9 Å². The molecule has 0 amide bonds. The van der Waals surface area contributed by atoms with Gasteiger partial charge < -0.3 is 8.98 Å². The lowest BCUT2D eigenvalue weighted by Gasteiger charge is -2.07. The first-order valence-corrected chi connectivity index (χ1v) is 9.62. The van der Waals surface area contributed by atoms with E-state index in [1.54, 1.807) is 17.8 Å². The second kappa shape index (κ2) is 7.04. The van der Waals surface area contributed by atoms with Crippen molar-refractivity contribution in [2.75, 3.05) is 0 Å². The van der Waals surface area contributed by atoms with Crippen molar-refractivity contribution in [2.45, 2.75) is 24.8 Å². The third-order valence-electron chi connectivity index (χ3n) is 4.49. The first kappa shape index (κ1) is 17.5. The van der Waals surface area contributed by atoms with Crippen LogP contribution >= 0.6 is 11.8 Å². The van der Waals surface area contributed by atoms with Crippen LogP contribution in [0.1, 0.15) is 16.7 Å². The van der Waals surface area contributed by atoms with Crippen molar-refractivity contribution in [1.29, 1.82) is 0 Å². The summed E-state index contributed by atoms with van der Waals surface area (Å²) in [5.41, 5.74) is 4.53. The molecule has 0 aliphatic heterocycles. The SMILES string of the molecule is Cc1ccc(-c2nnc(SCc3cc(=O)oc4cc(C)ccc34)n2C)cc1. The minimum Gasteiger partial charge on any atom is -0.423 e. The molecule has 0 N–H and O–H groups in total. The van der Waals surface area contributed by atoms with Gasteiger partial charge >= 0.3 is 5.63 Å². The van der Waals surface area contributed by atoms with Gasteiger partial charge in [-0.3, -0.25) is 0 Å². The minimum absolute atomic E-state index is 0.331. The zero-order valence-corrected chi connectivity index (χ0v) is 16.2. The molecule has 2 aromatic heterocycles. The Balaban J connectivity index is 1.62. The highest BCUT2D eigenvalue weighted by Crippen LogP contribution is 2.28. The molecule has 0 fully saturated rings. The summed E-state index contributed by atoms with van der Waals surface area (Å²) in [6, 6.07) is 15.7. The highest BCUT2D eigenvalue weighted by atomic mass is 32.2. The molecule has 2 aromatic carbocycles. The van der Waals surface area contributed by atoms with Gasteiger partial charge in [-0.25, -0.2) is 4.79 Å². The number of benzene rings is 2. The largest absolute Gasteiger partial charge is 0.423 e. The molecule has 4 rings (SSSR count). The van der Waals surface area contributed by atoms with Gasteiger partial charge in [0.2, 0.25) is 0 Å². The number of hydrogen-bond donors (Lipinski definition) is 0. The zero-order chi connectivity index (χ0) is 19.0. The molecule has 2 heterocycles. The van der Waals surface area contributed by atoms with Gasteiger partial charge in [-0.15, -0.1) is 10.2 Å². The number of aromatic nitrogens is 3. The molecule has 0 bridgehead atoms. The second-order valence-corrected chi connectivity index (χ2v) is 7.55. The predicted molar refractivity (Wildman–Crippen MR) is 108 cm³/mol. The van der Waals surface area contributed by atoms with Crippen LogP contribution in [0.4, 0.5) is 0 Å². The Morgan fingerprint density at radius 1 is 1.00 bits per heavy atom. The van der Waals surface area contributed by atoms with Crippen LogP contribution in [0.25, 0.3) is 22.4 Å². The van der Waals surface area contributed by atoms with E-state index >= 15 is 0 Å². The number of thioether (sulfide) groups is 1. The van der Waals surface area contributed by atoms with Crippen LogP contribution in [-0.2, 0) is 12.8 Å². The number of nitrogens with zero attached hydrogens (tertiary/aromatic N) is 3. The smallest absolute Gasteiger partial charge is 0.336 e. The summed E-state index contributed by atoms with van der Waals surface area (Å²) in [5, 5.41) is 10.4. The van der Waals surface area contributed by atoms with Crippen LogP contribution in [0.3, 0.4) is 0 Å². The summed E-state index contributed by atoms with van der Waals surface area (Å²) in [5.74, 6) is 1.44. The molecule has 136 valence electrons. The average molecular weight is 377 g/mol. The Hall–Kier alpha value is -2.86. The lowest BCUT2D eigenvalue weighted by Crippen LogP contribution is -2.01. The van der Waals surface area contributed by atoms with E-state index in [-0.39, 0.29) is 5.63 Å². The Morgan fingerprint density at radius 3 is 2.52 bits per heavy atom. The fourth-order valence-corrected chi connectivity index (χ4v) is 3.90.